The molecule has 152 valence electrons. The average Bonchev–Trinajstić information content (AvgIpc) is 2.67. The SMILES string of the molecule is COc1ccc(-c2ncnc(N3CCN(S(=O)(=O)CC(C)C)CC3)c2F)cc1. The van der Waals surface area contributed by atoms with Crippen molar-refractivity contribution in [3.63, 3.8) is 0 Å². The second kappa shape index (κ2) is 8.40. The molecule has 0 spiro atoms. The molecule has 0 radical (unpaired) electrons. The number of anilines is 1. The maximum Gasteiger partial charge on any atom is 0.214 e. The van der Waals surface area contributed by atoms with Gasteiger partial charge in [0.15, 0.2) is 11.6 Å². The lowest BCUT2D eigenvalue weighted by Gasteiger charge is -2.35. The molecule has 1 saturated heterocycles. The fourth-order valence-electron chi connectivity index (χ4n) is 3.24. The van der Waals surface area contributed by atoms with Crippen LogP contribution in [0.3, 0.4) is 0 Å². The second-order valence-corrected chi connectivity index (χ2v) is 9.16. The Morgan fingerprint density at radius 3 is 2.32 bits per heavy atom. The van der Waals surface area contributed by atoms with Crippen molar-refractivity contribution in [2.45, 2.75) is 13.8 Å². The molecule has 7 nitrogen and oxygen atoms in total. The molecular formula is C19H25FN4O3S. The summed E-state index contributed by atoms with van der Waals surface area (Å²) in [5, 5.41) is 0. The first kappa shape index (κ1) is 20.5. The number of halogens is 1. The molecule has 9 heteroatoms. The molecule has 0 N–H and O–H groups in total. The van der Waals surface area contributed by atoms with E-state index in [4.69, 9.17) is 4.74 Å². The number of hydrogen-bond acceptors (Lipinski definition) is 6. The number of hydrogen-bond donors (Lipinski definition) is 0. The number of nitrogens with zero attached hydrogens (tertiary/aromatic N) is 4. The predicted octanol–water partition coefficient (Wildman–Crippen LogP) is 2.40. The van der Waals surface area contributed by atoms with Gasteiger partial charge >= 0.3 is 0 Å². The van der Waals surface area contributed by atoms with Gasteiger partial charge in [-0.05, 0) is 30.2 Å². The molecule has 2 aromatic rings. The van der Waals surface area contributed by atoms with Gasteiger partial charge < -0.3 is 9.64 Å². The van der Waals surface area contributed by atoms with Crippen LogP contribution in [-0.2, 0) is 10.0 Å². The van der Waals surface area contributed by atoms with Crippen LogP contribution in [0.25, 0.3) is 11.3 Å². The molecule has 3 rings (SSSR count). The van der Waals surface area contributed by atoms with Gasteiger partial charge in [0.05, 0.1) is 12.9 Å². The average molecular weight is 408 g/mol. The van der Waals surface area contributed by atoms with Crippen LogP contribution in [0, 0.1) is 11.7 Å². The van der Waals surface area contributed by atoms with Gasteiger partial charge in [-0.1, -0.05) is 13.8 Å². The molecule has 0 bridgehead atoms. The Bertz CT molecular complexity index is 911. The fraction of sp³-hybridized carbons (Fsp3) is 0.474. The highest BCUT2D eigenvalue weighted by atomic mass is 32.2. The van der Waals surface area contributed by atoms with E-state index in [0.29, 0.717) is 37.5 Å². The highest BCUT2D eigenvalue weighted by Crippen LogP contribution is 2.28. The van der Waals surface area contributed by atoms with Gasteiger partial charge in [0.2, 0.25) is 10.0 Å². The largest absolute Gasteiger partial charge is 0.497 e. The number of aromatic nitrogens is 2. The summed E-state index contributed by atoms with van der Waals surface area (Å²) in [7, 11) is -1.72. The number of ether oxygens (including phenoxy) is 1. The third-order valence-corrected chi connectivity index (χ3v) is 6.85. The Morgan fingerprint density at radius 1 is 1.11 bits per heavy atom. The highest BCUT2D eigenvalue weighted by molar-refractivity contribution is 7.89. The Balaban J connectivity index is 1.77. The summed E-state index contributed by atoms with van der Waals surface area (Å²) in [5.41, 5.74) is 0.836. The van der Waals surface area contributed by atoms with Crippen LogP contribution in [0.15, 0.2) is 30.6 Å². The van der Waals surface area contributed by atoms with Gasteiger partial charge in [-0.15, -0.1) is 0 Å². The van der Waals surface area contributed by atoms with Crippen molar-refractivity contribution < 1.29 is 17.5 Å². The Kier molecular flexibility index (Phi) is 6.14. The number of rotatable bonds is 6. The molecule has 1 aliphatic heterocycles. The summed E-state index contributed by atoms with van der Waals surface area (Å²) >= 11 is 0. The van der Waals surface area contributed by atoms with E-state index in [0.717, 1.165) is 0 Å². The van der Waals surface area contributed by atoms with E-state index in [1.807, 2.05) is 13.8 Å². The lowest BCUT2D eigenvalue weighted by molar-refractivity contribution is 0.379. The van der Waals surface area contributed by atoms with Crippen LogP contribution in [-0.4, -0.2) is 61.7 Å². The van der Waals surface area contributed by atoms with Crippen LogP contribution in [0.5, 0.6) is 5.75 Å². The summed E-state index contributed by atoms with van der Waals surface area (Å²) in [5.74, 6) is 0.552. The van der Waals surface area contributed by atoms with Crippen LogP contribution in [0.1, 0.15) is 13.8 Å². The molecule has 28 heavy (non-hydrogen) atoms. The first-order valence-electron chi connectivity index (χ1n) is 9.19. The molecule has 1 aromatic carbocycles. The van der Waals surface area contributed by atoms with Crippen molar-refractivity contribution in [2.24, 2.45) is 5.92 Å². The summed E-state index contributed by atoms with van der Waals surface area (Å²) in [6.07, 6.45) is 1.33. The summed E-state index contributed by atoms with van der Waals surface area (Å²) in [4.78, 5) is 9.96. The molecule has 0 aliphatic carbocycles. The zero-order valence-electron chi connectivity index (χ0n) is 16.3. The standard InChI is InChI=1S/C19H25FN4O3S/c1-14(2)12-28(25,26)24-10-8-23(9-11-24)19-17(20)18(21-13-22-19)15-4-6-16(27-3)7-5-15/h4-7,13-14H,8-12H2,1-3H3. The fourth-order valence-corrected chi connectivity index (χ4v) is 5.01. The van der Waals surface area contributed by atoms with Gasteiger partial charge in [0.1, 0.15) is 17.8 Å². The zero-order valence-corrected chi connectivity index (χ0v) is 17.1. The van der Waals surface area contributed by atoms with Crippen molar-refractivity contribution in [1.29, 1.82) is 0 Å². The summed E-state index contributed by atoms with van der Waals surface area (Å²) < 4.78 is 46.5. The quantitative estimate of drug-likeness (QED) is 0.731. The molecule has 1 aromatic heterocycles. The molecule has 2 heterocycles. The Hall–Kier alpha value is -2.26. The number of piperazine rings is 1. The second-order valence-electron chi connectivity index (χ2n) is 7.15. The van der Waals surface area contributed by atoms with E-state index in [1.165, 1.54) is 10.6 Å². The van der Waals surface area contributed by atoms with Crippen molar-refractivity contribution in [3.05, 3.63) is 36.4 Å². The highest BCUT2D eigenvalue weighted by Gasteiger charge is 2.29. The van der Waals surface area contributed by atoms with Crippen molar-refractivity contribution >= 4 is 15.8 Å². The van der Waals surface area contributed by atoms with Crippen LogP contribution in [0.4, 0.5) is 10.2 Å². The third kappa shape index (κ3) is 4.41. The van der Waals surface area contributed by atoms with Gasteiger partial charge in [-0.25, -0.2) is 22.8 Å². The van der Waals surface area contributed by atoms with Gasteiger partial charge in [-0.3, -0.25) is 0 Å². The van der Waals surface area contributed by atoms with E-state index in [-0.39, 0.29) is 23.2 Å². The number of methoxy groups -OCH3 is 1. The lowest BCUT2D eigenvalue weighted by Crippen LogP contribution is -2.50. The summed E-state index contributed by atoms with van der Waals surface area (Å²) in [6.45, 7) is 5.16. The molecule has 0 atom stereocenters. The van der Waals surface area contributed by atoms with E-state index in [1.54, 1.807) is 36.3 Å². The van der Waals surface area contributed by atoms with E-state index in [2.05, 4.69) is 9.97 Å². The monoisotopic (exact) mass is 408 g/mol. The molecular weight excluding hydrogens is 383 g/mol. The van der Waals surface area contributed by atoms with Crippen LogP contribution < -0.4 is 9.64 Å². The van der Waals surface area contributed by atoms with E-state index in [9.17, 15) is 8.42 Å². The summed E-state index contributed by atoms with van der Waals surface area (Å²) in [6, 6.07) is 6.97. The van der Waals surface area contributed by atoms with E-state index >= 15 is 4.39 Å². The molecule has 0 saturated carbocycles. The Labute approximate surface area is 165 Å². The topological polar surface area (TPSA) is 75.6 Å². The maximum atomic E-state index is 15.1. The molecule has 0 unspecified atom stereocenters. The van der Waals surface area contributed by atoms with Crippen molar-refractivity contribution in [1.82, 2.24) is 14.3 Å². The normalized spacial score (nSPS) is 15.8. The van der Waals surface area contributed by atoms with E-state index < -0.39 is 15.8 Å². The first-order valence-corrected chi connectivity index (χ1v) is 10.8. The van der Waals surface area contributed by atoms with Gasteiger partial charge in [0, 0.05) is 31.7 Å². The third-order valence-electron chi connectivity index (χ3n) is 4.61. The Morgan fingerprint density at radius 2 is 1.75 bits per heavy atom. The zero-order chi connectivity index (χ0) is 20.3. The van der Waals surface area contributed by atoms with Gasteiger partial charge in [0.25, 0.3) is 0 Å². The molecule has 1 fully saturated rings. The minimum atomic E-state index is -3.29. The minimum absolute atomic E-state index is 0.0643. The molecule has 1 aliphatic rings. The smallest absolute Gasteiger partial charge is 0.214 e. The van der Waals surface area contributed by atoms with Gasteiger partial charge in [-0.2, -0.15) is 4.31 Å². The lowest BCUT2D eigenvalue weighted by atomic mass is 10.1. The molecule has 0 amide bonds. The minimum Gasteiger partial charge on any atom is -0.497 e. The van der Waals surface area contributed by atoms with Crippen LogP contribution in [0.2, 0.25) is 0 Å². The first-order chi connectivity index (χ1) is 13.3. The maximum absolute atomic E-state index is 15.1. The van der Waals surface area contributed by atoms with Crippen LogP contribution >= 0.6 is 0 Å². The number of benzene rings is 1. The van der Waals surface area contributed by atoms with Crippen molar-refractivity contribution in [3.8, 4) is 17.0 Å². The predicted molar refractivity (Wildman–Crippen MR) is 106 cm³/mol. The van der Waals surface area contributed by atoms with Crippen molar-refractivity contribution in [2.75, 3.05) is 43.9 Å². The number of sulfonamides is 1.